The van der Waals surface area contributed by atoms with Crippen molar-refractivity contribution in [2.24, 2.45) is 11.8 Å². The molecular formula is C27H44ClNO3. The van der Waals surface area contributed by atoms with Crippen LogP contribution < -0.4 is 17.1 Å². The highest BCUT2D eigenvalue weighted by Crippen LogP contribution is 2.44. The fourth-order valence-electron chi connectivity index (χ4n) is 4.77. The maximum atomic E-state index is 6.29. The molecule has 0 aliphatic carbocycles. The van der Waals surface area contributed by atoms with Gasteiger partial charge in [0.25, 0.3) is 0 Å². The van der Waals surface area contributed by atoms with E-state index in [1.54, 1.807) is 0 Å². The van der Waals surface area contributed by atoms with E-state index < -0.39 is 0 Å². The summed E-state index contributed by atoms with van der Waals surface area (Å²) in [6, 6.07) is 21.1. The second-order valence-electron chi connectivity index (χ2n) is 9.78. The standard InChI is InChI=1S/C27H42NO2.ClH.H2O/c1-8-29-26(30-25-17-13-10-14-18-25)21-28(6,7)27(19-22(2)3,20-23(4)5)24-15-11-9-12-16-24;;/h9-18,22-23,26H,8,19-21H2,1-7H3;1H;1H2/q+1;;/p-1. The number of benzene rings is 2. The Morgan fingerprint density at radius 2 is 1.28 bits per heavy atom. The fraction of sp³-hybridized carbons (Fsp3) is 0.556. The first-order chi connectivity index (χ1) is 14.2. The number of likely N-dealkylation sites (N-methyl/N-ethyl adjacent to an activating group) is 1. The van der Waals surface area contributed by atoms with Crippen molar-refractivity contribution >= 4 is 0 Å². The van der Waals surface area contributed by atoms with Gasteiger partial charge in [0.05, 0.1) is 14.1 Å². The van der Waals surface area contributed by atoms with Gasteiger partial charge in [-0.1, -0.05) is 76.2 Å². The maximum Gasteiger partial charge on any atom is 0.249 e. The summed E-state index contributed by atoms with van der Waals surface area (Å²) >= 11 is 0. The summed E-state index contributed by atoms with van der Waals surface area (Å²) in [7, 11) is 4.69. The van der Waals surface area contributed by atoms with Crippen LogP contribution in [0.25, 0.3) is 0 Å². The second-order valence-corrected chi connectivity index (χ2v) is 9.78. The lowest BCUT2D eigenvalue weighted by Crippen LogP contribution is -3.00. The van der Waals surface area contributed by atoms with Crippen LogP contribution in [0.5, 0.6) is 5.75 Å². The Hall–Kier alpha value is -1.59. The number of hydrogen-bond acceptors (Lipinski definition) is 2. The van der Waals surface area contributed by atoms with E-state index in [1.807, 2.05) is 37.3 Å². The molecule has 0 heterocycles. The molecule has 1 unspecified atom stereocenters. The SMILES string of the molecule is CCOC(C[N+](C)(C)C(CC(C)C)(CC(C)C)c1ccccc1)Oc1ccccc1.O.[Cl-]. The predicted molar refractivity (Wildman–Crippen MR) is 130 cm³/mol. The lowest BCUT2D eigenvalue weighted by atomic mass is 9.74. The Balaban J connectivity index is 0.00000480. The summed E-state index contributed by atoms with van der Waals surface area (Å²) in [5.41, 5.74) is 1.39. The third kappa shape index (κ3) is 8.08. The van der Waals surface area contributed by atoms with Crippen molar-refractivity contribution in [2.45, 2.75) is 59.3 Å². The number of ether oxygens (including phenoxy) is 2. The monoisotopic (exact) mass is 465 g/mol. The average molecular weight is 466 g/mol. The normalized spacial score (nSPS) is 12.8. The predicted octanol–water partition coefficient (Wildman–Crippen LogP) is 2.67. The molecule has 0 bridgehead atoms. The molecule has 4 nitrogen and oxygen atoms in total. The Labute approximate surface area is 202 Å². The van der Waals surface area contributed by atoms with Crippen molar-refractivity contribution in [3.05, 3.63) is 66.2 Å². The highest BCUT2D eigenvalue weighted by atomic mass is 35.5. The van der Waals surface area contributed by atoms with Crippen molar-refractivity contribution < 1.29 is 31.8 Å². The molecule has 0 radical (unpaired) electrons. The van der Waals surface area contributed by atoms with Crippen LogP contribution in [-0.2, 0) is 10.3 Å². The van der Waals surface area contributed by atoms with E-state index in [1.165, 1.54) is 5.56 Å². The van der Waals surface area contributed by atoms with Gasteiger partial charge in [0.15, 0.2) is 0 Å². The van der Waals surface area contributed by atoms with Gasteiger partial charge in [-0.25, -0.2) is 0 Å². The number of quaternary nitrogens is 1. The van der Waals surface area contributed by atoms with Crippen LogP contribution in [0.1, 0.15) is 53.0 Å². The third-order valence-electron chi connectivity index (χ3n) is 5.93. The van der Waals surface area contributed by atoms with E-state index in [2.05, 4.69) is 72.1 Å². The highest BCUT2D eigenvalue weighted by molar-refractivity contribution is 5.23. The smallest absolute Gasteiger partial charge is 0.249 e. The van der Waals surface area contributed by atoms with Crippen LogP contribution in [0, 0.1) is 11.8 Å². The zero-order chi connectivity index (χ0) is 22.2. The lowest BCUT2D eigenvalue weighted by Gasteiger charge is -2.51. The van der Waals surface area contributed by atoms with Crippen LogP contribution in [0.3, 0.4) is 0 Å². The molecule has 32 heavy (non-hydrogen) atoms. The molecule has 2 N–H and O–H groups in total. The number of para-hydroxylation sites is 1. The van der Waals surface area contributed by atoms with Gasteiger partial charge in [0, 0.05) is 25.0 Å². The molecule has 1 atom stereocenters. The first-order valence-electron chi connectivity index (χ1n) is 11.4. The van der Waals surface area contributed by atoms with Crippen LogP contribution in [0.15, 0.2) is 60.7 Å². The quantitative estimate of drug-likeness (QED) is 0.357. The molecular weight excluding hydrogens is 422 g/mol. The minimum absolute atomic E-state index is 0. The molecule has 0 saturated carbocycles. The van der Waals surface area contributed by atoms with E-state index in [4.69, 9.17) is 9.47 Å². The van der Waals surface area contributed by atoms with Crippen molar-refractivity contribution in [1.82, 2.24) is 0 Å². The topological polar surface area (TPSA) is 50.0 Å². The van der Waals surface area contributed by atoms with E-state index >= 15 is 0 Å². The first-order valence-corrected chi connectivity index (χ1v) is 11.4. The summed E-state index contributed by atoms with van der Waals surface area (Å²) in [4.78, 5) is 0. The summed E-state index contributed by atoms with van der Waals surface area (Å²) in [6.07, 6.45) is 1.94. The number of rotatable bonds is 12. The molecule has 2 rings (SSSR count). The molecule has 0 aromatic heterocycles. The fourth-order valence-corrected chi connectivity index (χ4v) is 4.77. The average Bonchev–Trinajstić information content (AvgIpc) is 2.68. The molecule has 0 spiro atoms. The van der Waals surface area contributed by atoms with E-state index in [9.17, 15) is 0 Å². The van der Waals surface area contributed by atoms with E-state index in [0.29, 0.717) is 18.4 Å². The maximum absolute atomic E-state index is 6.29. The molecule has 5 heteroatoms. The molecule has 0 amide bonds. The number of halogens is 1. The molecule has 0 aliphatic rings. The van der Waals surface area contributed by atoms with Crippen LogP contribution >= 0.6 is 0 Å². The van der Waals surface area contributed by atoms with Gasteiger partial charge in [-0.2, -0.15) is 0 Å². The second kappa shape index (κ2) is 13.8. The molecule has 0 saturated heterocycles. The molecule has 2 aromatic carbocycles. The molecule has 2 aromatic rings. The van der Waals surface area contributed by atoms with Crippen LogP contribution in [0.2, 0.25) is 0 Å². The van der Waals surface area contributed by atoms with E-state index in [0.717, 1.165) is 29.6 Å². The Morgan fingerprint density at radius 1 is 0.812 bits per heavy atom. The molecule has 0 aliphatic heterocycles. The molecule has 182 valence electrons. The summed E-state index contributed by atoms with van der Waals surface area (Å²) < 4.78 is 13.2. The first kappa shape index (κ1) is 30.4. The van der Waals surface area contributed by atoms with Gasteiger partial charge < -0.3 is 31.8 Å². The van der Waals surface area contributed by atoms with Crippen molar-refractivity contribution in [2.75, 3.05) is 27.2 Å². The summed E-state index contributed by atoms with van der Waals surface area (Å²) in [6.45, 7) is 12.8. The van der Waals surface area contributed by atoms with Crippen molar-refractivity contribution in [1.29, 1.82) is 0 Å². The number of hydrogen-bond donors (Lipinski definition) is 0. The van der Waals surface area contributed by atoms with Gasteiger partial charge in [-0.05, 0) is 30.9 Å². The number of nitrogens with zero attached hydrogens (tertiary/aromatic N) is 1. The zero-order valence-corrected chi connectivity index (χ0v) is 21.7. The Bertz CT molecular complexity index is 725. The minimum atomic E-state index is -0.296. The van der Waals surface area contributed by atoms with Crippen LogP contribution in [-0.4, -0.2) is 43.5 Å². The summed E-state index contributed by atoms with van der Waals surface area (Å²) in [5, 5.41) is 0. The van der Waals surface area contributed by atoms with Crippen molar-refractivity contribution in [3.8, 4) is 5.75 Å². The third-order valence-corrected chi connectivity index (χ3v) is 5.93. The lowest BCUT2D eigenvalue weighted by molar-refractivity contribution is -0.956. The molecule has 0 fully saturated rings. The van der Waals surface area contributed by atoms with Crippen LogP contribution in [0.4, 0.5) is 0 Å². The Kier molecular flexibility index (Phi) is 13.2. The van der Waals surface area contributed by atoms with Gasteiger partial charge >= 0.3 is 0 Å². The van der Waals surface area contributed by atoms with Gasteiger partial charge in [0.1, 0.15) is 17.8 Å². The largest absolute Gasteiger partial charge is 1.00 e. The minimum Gasteiger partial charge on any atom is -1.00 e. The van der Waals surface area contributed by atoms with Gasteiger partial charge in [0.2, 0.25) is 6.29 Å². The van der Waals surface area contributed by atoms with Gasteiger partial charge in [-0.3, -0.25) is 0 Å². The summed E-state index contributed by atoms with van der Waals surface area (Å²) in [5.74, 6) is 2.03. The zero-order valence-electron chi connectivity index (χ0n) is 21.0. The van der Waals surface area contributed by atoms with E-state index in [-0.39, 0.29) is 29.7 Å². The van der Waals surface area contributed by atoms with Crippen molar-refractivity contribution in [3.63, 3.8) is 0 Å². The van der Waals surface area contributed by atoms with Gasteiger partial charge in [-0.15, -0.1) is 0 Å². The Morgan fingerprint density at radius 3 is 1.72 bits per heavy atom. The highest BCUT2D eigenvalue weighted by Gasteiger charge is 2.49.